The number of nitrogens with zero attached hydrogens (tertiary/aromatic N) is 1. The number of aromatic nitrogens is 1. The van der Waals surface area contributed by atoms with Gasteiger partial charge in [-0.05, 0) is 24.8 Å². The van der Waals surface area contributed by atoms with Crippen LogP contribution < -0.4 is 5.32 Å². The summed E-state index contributed by atoms with van der Waals surface area (Å²) < 4.78 is 0. The molecular weight excluding hydrogens is 240 g/mol. The van der Waals surface area contributed by atoms with Gasteiger partial charge in [0.2, 0.25) is 0 Å². The molecule has 19 heavy (non-hydrogen) atoms. The zero-order chi connectivity index (χ0) is 13.9. The number of fused-ring (bicyclic) bond motifs is 1. The van der Waals surface area contributed by atoms with Crippen molar-refractivity contribution in [2.45, 2.75) is 25.8 Å². The molecule has 1 aromatic carbocycles. The fourth-order valence-electron chi connectivity index (χ4n) is 1.87. The van der Waals surface area contributed by atoms with Gasteiger partial charge in [-0.15, -0.1) is 0 Å². The Bertz CT molecular complexity index is 586. The minimum atomic E-state index is -0.615. The number of carbonyl (C=O) groups excluding carboxylic acids is 1. The first-order chi connectivity index (χ1) is 9.09. The first-order valence-electron chi connectivity index (χ1n) is 6.37. The lowest BCUT2D eigenvalue weighted by atomic mass is 9.99. The van der Waals surface area contributed by atoms with Crippen LogP contribution in [0, 0.1) is 0 Å². The molecule has 4 heteroatoms. The number of pyridine rings is 1. The van der Waals surface area contributed by atoms with E-state index in [0.29, 0.717) is 12.1 Å². The van der Waals surface area contributed by atoms with E-state index in [-0.39, 0.29) is 12.5 Å². The maximum atomic E-state index is 12.3. The van der Waals surface area contributed by atoms with Crippen molar-refractivity contribution in [3.05, 3.63) is 42.2 Å². The number of hydrogen-bond donors (Lipinski definition) is 2. The molecule has 0 spiro atoms. The summed E-state index contributed by atoms with van der Waals surface area (Å²) in [4.78, 5) is 16.5. The van der Waals surface area contributed by atoms with Crippen LogP contribution in [0.2, 0.25) is 0 Å². The Hall–Kier alpha value is -1.94. The average molecular weight is 258 g/mol. The molecule has 0 aliphatic rings. The number of benzene rings is 1. The van der Waals surface area contributed by atoms with Gasteiger partial charge in [-0.25, -0.2) is 0 Å². The SMILES string of the molecule is CCC(C)(CO)NC(=O)c1nccc2ccccc12. The van der Waals surface area contributed by atoms with Gasteiger partial charge in [-0.1, -0.05) is 31.2 Å². The van der Waals surface area contributed by atoms with Crippen LogP contribution in [0.3, 0.4) is 0 Å². The van der Waals surface area contributed by atoms with Gasteiger partial charge in [0.25, 0.3) is 5.91 Å². The van der Waals surface area contributed by atoms with Crippen LogP contribution in [0.15, 0.2) is 36.5 Å². The molecule has 0 saturated heterocycles. The van der Waals surface area contributed by atoms with Gasteiger partial charge >= 0.3 is 0 Å². The summed E-state index contributed by atoms with van der Waals surface area (Å²) in [6.45, 7) is 3.64. The van der Waals surface area contributed by atoms with Crippen molar-refractivity contribution in [1.29, 1.82) is 0 Å². The van der Waals surface area contributed by atoms with E-state index in [1.807, 2.05) is 44.2 Å². The summed E-state index contributed by atoms with van der Waals surface area (Å²) in [5.41, 5.74) is -0.221. The Balaban J connectivity index is 2.37. The number of aliphatic hydroxyl groups is 1. The lowest BCUT2D eigenvalue weighted by molar-refractivity contribution is 0.0844. The third-order valence-electron chi connectivity index (χ3n) is 3.43. The van der Waals surface area contributed by atoms with E-state index in [9.17, 15) is 9.90 Å². The second-order valence-electron chi connectivity index (χ2n) is 4.91. The van der Waals surface area contributed by atoms with Crippen LogP contribution in [0.5, 0.6) is 0 Å². The Morgan fingerprint density at radius 3 is 2.79 bits per heavy atom. The van der Waals surface area contributed by atoms with Crippen molar-refractivity contribution in [3.63, 3.8) is 0 Å². The summed E-state index contributed by atoms with van der Waals surface area (Å²) in [7, 11) is 0. The largest absolute Gasteiger partial charge is 0.394 e. The van der Waals surface area contributed by atoms with Gasteiger partial charge in [0.05, 0.1) is 12.1 Å². The highest BCUT2D eigenvalue weighted by Crippen LogP contribution is 2.17. The van der Waals surface area contributed by atoms with E-state index < -0.39 is 5.54 Å². The van der Waals surface area contributed by atoms with Crippen LogP contribution >= 0.6 is 0 Å². The Kier molecular flexibility index (Phi) is 3.81. The Morgan fingerprint density at radius 1 is 1.37 bits per heavy atom. The van der Waals surface area contributed by atoms with Crippen LogP contribution in [0.4, 0.5) is 0 Å². The number of nitrogens with one attached hydrogen (secondary N) is 1. The van der Waals surface area contributed by atoms with Crippen molar-refractivity contribution in [2.75, 3.05) is 6.61 Å². The molecule has 0 aliphatic carbocycles. The molecule has 0 aliphatic heterocycles. The highest BCUT2D eigenvalue weighted by atomic mass is 16.3. The second-order valence-corrected chi connectivity index (χ2v) is 4.91. The second kappa shape index (κ2) is 5.36. The quantitative estimate of drug-likeness (QED) is 0.883. The van der Waals surface area contributed by atoms with Crippen LogP contribution in [0.1, 0.15) is 30.8 Å². The summed E-state index contributed by atoms with van der Waals surface area (Å²) >= 11 is 0. The van der Waals surface area contributed by atoms with Gasteiger partial charge in [0.1, 0.15) is 5.69 Å². The molecule has 2 N–H and O–H groups in total. The fraction of sp³-hybridized carbons (Fsp3) is 0.333. The molecule has 1 heterocycles. The lowest BCUT2D eigenvalue weighted by Gasteiger charge is -2.27. The average Bonchev–Trinajstić information content (AvgIpc) is 2.46. The summed E-state index contributed by atoms with van der Waals surface area (Å²) in [6, 6.07) is 9.50. The molecule has 0 radical (unpaired) electrons. The van der Waals surface area contributed by atoms with Gasteiger partial charge in [0, 0.05) is 11.6 Å². The number of hydrogen-bond acceptors (Lipinski definition) is 3. The molecular formula is C15H18N2O2. The van der Waals surface area contributed by atoms with Gasteiger partial charge in [0.15, 0.2) is 0 Å². The molecule has 0 fully saturated rings. The molecule has 2 aromatic rings. The molecule has 100 valence electrons. The standard InChI is InChI=1S/C15H18N2O2/c1-3-15(2,10-18)17-14(19)13-12-7-5-4-6-11(12)8-9-16-13/h4-9,18H,3,10H2,1-2H3,(H,17,19). The normalized spacial score (nSPS) is 14.1. The predicted octanol–water partition coefficient (Wildman–Crippen LogP) is 2.13. The highest BCUT2D eigenvalue weighted by Gasteiger charge is 2.25. The maximum absolute atomic E-state index is 12.3. The number of rotatable bonds is 4. The Labute approximate surface area is 112 Å². The van der Waals surface area contributed by atoms with Crippen LogP contribution in [0.25, 0.3) is 10.8 Å². The third-order valence-corrected chi connectivity index (χ3v) is 3.43. The van der Waals surface area contributed by atoms with Crippen molar-refractivity contribution in [2.24, 2.45) is 0 Å². The van der Waals surface area contributed by atoms with E-state index in [4.69, 9.17) is 0 Å². The zero-order valence-corrected chi connectivity index (χ0v) is 11.2. The van der Waals surface area contributed by atoms with Crippen molar-refractivity contribution in [3.8, 4) is 0 Å². The summed E-state index contributed by atoms with van der Waals surface area (Å²) in [6.07, 6.45) is 2.28. The molecule has 1 amide bonds. The zero-order valence-electron chi connectivity index (χ0n) is 11.2. The predicted molar refractivity (Wildman–Crippen MR) is 75.0 cm³/mol. The third kappa shape index (κ3) is 2.74. The van der Waals surface area contributed by atoms with E-state index >= 15 is 0 Å². The molecule has 4 nitrogen and oxygen atoms in total. The fourth-order valence-corrected chi connectivity index (χ4v) is 1.87. The Morgan fingerprint density at radius 2 is 2.11 bits per heavy atom. The first kappa shape index (κ1) is 13.5. The molecule has 1 unspecified atom stereocenters. The van der Waals surface area contributed by atoms with Crippen molar-refractivity contribution >= 4 is 16.7 Å². The van der Waals surface area contributed by atoms with Crippen LogP contribution in [-0.4, -0.2) is 28.1 Å². The molecule has 1 atom stereocenters. The number of amides is 1. The number of carbonyl (C=O) groups is 1. The van der Waals surface area contributed by atoms with Crippen LogP contribution in [-0.2, 0) is 0 Å². The summed E-state index contributed by atoms with van der Waals surface area (Å²) in [5, 5.41) is 14.0. The van der Waals surface area contributed by atoms with E-state index in [1.165, 1.54) is 0 Å². The highest BCUT2D eigenvalue weighted by molar-refractivity contribution is 6.05. The van der Waals surface area contributed by atoms with Crippen molar-refractivity contribution < 1.29 is 9.90 Å². The molecule has 0 saturated carbocycles. The van der Waals surface area contributed by atoms with E-state index in [1.54, 1.807) is 6.20 Å². The van der Waals surface area contributed by atoms with E-state index in [0.717, 1.165) is 10.8 Å². The minimum Gasteiger partial charge on any atom is -0.394 e. The van der Waals surface area contributed by atoms with Gasteiger partial charge < -0.3 is 10.4 Å². The maximum Gasteiger partial charge on any atom is 0.271 e. The first-order valence-corrected chi connectivity index (χ1v) is 6.37. The number of aliphatic hydroxyl groups excluding tert-OH is 1. The van der Waals surface area contributed by atoms with Gasteiger partial charge in [-0.3, -0.25) is 9.78 Å². The molecule has 0 bridgehead atoms. The molecule has 1 aromatic heterocycles. The minimum absolute atomic E-state index is 0.0972. The topological polar surface area (TPSA) is 62.2 Å². The van der Waals surface area contributed by atoms with E-state index in [2.05, 4.69) is 10.3 Å². The van der Waals surface area contributed by atoms with Crippen molar-refractivity contribution in [1.82, 2.24) is 10.3 Å². The van der Waals surface area contributed by atoms with Gasteiger partial charge in [-0.2, -0.15) is 0 Å². The monoisotopic (exact) mass is 258 g/mol. The summed E-state index contributed by atoms with van der Waals surface area (Å²) in [5.74, 6) is -0.254. The lowest BCUT2D eigenvalue weighted by Crippen LogP contribution is -2.48. The molecule has 2 rings (SSSR count). The smallest absolute Gasteiger partial charge is 0.271 e.